The molecular weight excluding hydrogens is 406 g/mol. The topological polar surface area (TPSA) is 85.8 Å². The average Bonchev–Trinajstić information content (AvgIpc) is 3.28. The Balaban J connectivity index is 1.69. The summed E-state index contributed by atoms with van der Waals surface area (Å²) in [6.07, 6.45) is 0.844. The van der Waals surface area contributed by atoms with E-state index in [1.54, 1.807) is 22.2 Å². The Morgan fingerprint density at radius 2 is 2.07 bits per heavy atom. The minimum Gasteiger partial charge on any atom is -0.397 e. The average molecular weight is 426 g/mol. The molecule has 0 saturated carbocycles. The highest BCUT2D eigenvalue weighted by atomic mass is 35.5. The summed E-state index contributed by atoms with van der Waals surface area (Å²) in [7, 11) is 0. The number of nitrogens with zero attached hydrogens (tertiary/aromatic N) is 3. The SMILES string of the molecule is CC(C)Cc1nn(-c2nc(C(=O)Nc3ccccc3N)cs2)c2cc(Cl)ccc12. The number of halogens is 1. The van der Waals surface area contributed by atoms with Crippen LogP contribution in [-0.4, -0.2) is 20.7 Å². The highest BCUT2D eigenvalue weighted by Crippen LogP contribution is 2.28. The maximum absolute atomic E-state index is 12.6. The monoisotopic (exact) mass is 425 g/mol. The number of anilines is 2. The van der Waals surface area contributed by atoms with E-state index in [0.717, 1.165) is 23.0 Å². The summed E-state index contributed by atoms with van der Waals surface area (Å²) in [6, 6.07) is 12.8. The van der Waals surface area contributed by atoms with Gasteiger partial charge in [-0.1, -0.05) is 37.6 Å². The van der Waals surface area contributed by atoms with Crippen LogP contribution in [0.1, 0.15) is 30.0 Å². The Hall–Kier alpha value is -2.90. The number of nitrogens with one attached hydrogen (secondary N) is 1. The van der Waals surface area contributed by atoms with Crippen LogP contribution >= 0.6 is 22.9 Å². The first-order chi connectivity index (χ1) is 13.9. The molecule has 148 valence electrons. The number of hydrogen-bond acceptors (Lipinski definition) is 5. The van der Waals surface area contributed by atoms with Gasteiger partial charge in [-0.25, -0.2) is 9.67 Å². The van der Waals surface area contributed by atoms with E-state index >= 15 is 0 Å². The first-order valence-electron chi connectivity index (χ1n) is 9.21. The van der Waals surface area contributed by atoms with Crippen molar-refractivity contribution in [2.45, 2.75) is 20.3 Å². The first kappa shape index (κ1) is 19.4. The zero-order valence-corrected chi connectivity index (χ0v) is 17.6. The van der Waals surface area contributed by atoms with Crippen molar-refractivity contribution in [2.24, 2.45) is 5.92 Å². The molecule has 6 nitrogen and oxygen atoms in total. The molecule has 2 heterocycles. The van der Waals surface area contributed by atoms with Crippen LogP contribution in [-0.2, 0) is 6.42 Å². The van der Waals surface area contributed by atoms with E-state index in [1.165, 1.54) is 11.3 Å². The van der Waals surface area contributed by atoms with E-state index in [1.807, 2.05) is 30.3 Å². The summed E-state index contributed by atoms with van der Waals surface area (Å²) in [6.45, 7) is 4.31. The van der Waals surface area contributed by atoms with E-state index in [-0.39, 0.29) is 5.91 Å². The largest absolute Gasteiger partial charge is 0.397 e. The molecule has 0 bridgehead atoms. The highest BCUT2D eigenvalue weighted by Gasteiger charge is 2.18. The van der Waals surface area contributed by atoms with Crippen molar-refractivity contribution in [1.82, 2.24) is 14.8 Å². The van der Waals surface area contributed by atoms with Gasteiger partial charge in [-0.2, -0.15) is 5.10 Å². The highest BCUT2D eigenvalue weighted by molar-refractivity contribution is 7.12. The molecule has 4 rings (SSSR count). The lowest BCUT2D eigenvalue weighted by Crippen LogP contribution is -2.13. The molecule has 4 aromatic rings. The molecule has 0 aliphatic carbocycles. The molecule has 3 N–H and O–H groups in total. The normalized spacial score (nSPS) is 11.3. The molecule has 0 spiro atoms. The van der Waals surface area contributed by atoms with Crippen LogP contribution in [0, 0.1) is 5.92 Å². The third kappa shape index (κ3) is 3.97. The van der Waals surface area contributed by atoms with Crippen molar-refractivity contribution < 1.29 is 4.79 Å². The second-order valence-electron chi connectivity index (χ2n) is 7.17. The molecular formula is C21H20ClN5OS. The zero-order valence-electron chi connectivity index (χ0n) is 16.0. The summed E-state index contributed by atoms with van der Waals surface area (Å²) in [5.74, 6) is 0.147. The number of fused-ring (bicyclic) bond motifs is 1. The van der Waals surface area contributed by atoms with Gasteiger partial charge in [0.2, 0.25) is 5.13 Å². The molecule has 0 radical (unpaired) electrons. The van der Waals surface area contributed by atoms with Crippen LogP contribution in [0.25, 0.3) is 16.0 Å². The molecule has 0 fully saturated rings. The minimum absolute atomic E-state index is 0.310. The van der Waals surface area contributed by atoms with Crippen LogP contribution in [0.4, 0.5) is 11.4 Å². The van der Waals surface area contributed by atoms with E-state index in [0.29, 0.717) is 33.1 Å². The Labute approximate surface area is 177 Å². The van der Waals surface area contributed by atoms with E-state index in [2.05, 4.69) is 24.1 Å². The first-order valence-corrected chi connectivity index (χ1v) is 10.5. The standard InChI is InChI=1S/C21H20ClN5OS/c1-12(2)9-17-14-8-7-13(22)10-19(14)27(26-17)21-25-18(11-29-21)20(28)24-16-6-4-3-5-15(16)23/h3-8,10-12H,9,23H2,1-2H3,(H,24,28). The summed E-state index contributed by atoms with van der Waals surface area (Å²) in [4.78, 5) is 17.1. The van der Waals surface area contributed by atoms with Gasteiger partial charge < -0.3 is 11.1 Å². The predicted molar refractivity (Wildman–Crippen MR) is 119 cm³/mol. The van der Waals surface area contributed by atoms with Gasteiger partial charge in [0.25, 0.3) is 5.91 Å². The molecule has 0 unspecified atom stereocenters. The number of para-hydroxylation sites is 2. The third-order valence-corrected chi connectivity index (χ3v) is 5.49. The van der Waals surface area contributed by atoms with Crippen molar-refractivity contribution >= 4 is 51.1 Å². The number of aromatic nitrogens is 3. The van der Waals surface area contributed by atoms with E-state index < -0.39 is 0 Å². The number of amides is 1. The molecule has 0 atom stereocenters. The van der Waals surface area contributed by atoms with E-state index in [4.69, 9.17) is 22.4 Å². The van der Waals surface area contributed by atoms with Crippen molar-refractivity contribution in [3.63, 3.8) is 0 Å². The number of carbonyl (C=O) groups is 1. The summed E-state index contributed by atoms with van der Waals surface area (Å²) in [5.41, 5.74) is 9.14. The lowest BCUT2D eigenvalue weighted by Gasteiger charge is -2.05. The number of carbonyl (C=O) groups excluding carboxylic acids is 1. The van der Waals surface area contributed by atoms with Crippen LogP contribution in [0.15, 0.2) is 47.8 Å². The van der Waals surface area contributed by atoms with Crippen LogP contribution < -0.4 is 11.1 Å². The van der Waals surface area contributed by atoms with Gasteiger partial charge in [-0.3, -0.25) is 4.79 Å². The minimum atomic E-state index is -0.317. The smallest absolute Gasteiger partial charge is 0.275 e. The van der Waals surface area contributed by atoms with Gasteiger partial charge in [-0.15, -0.1) is 11.3 Å². The van der Waals surface area contributed by atoms with Gasteiger partial charge in [0, 0.05) is 15.8 Å². The Bertz CT molecular complexity index is 1200. The second-order valence-corrected chi connectivity index (χ2v) is 8.45. The lowest BCUT2D eigenvalue weighted by atomic mass is 10.1. The van der Waals surface area contributed by atoms with Crippen molar-refractivity contribution in [3.05, 3.63) is 64.3 Å². The van der Waals surface area contributed by atoms with Gasteiger partial charge in [0.15, 0.2) is 0 Å². The number of nitrogen functional groups attached to an aromatic ring is 1. The maximum atomic E-state index is 12.6. The van der Waals surface area contributed by atoms with Gasteiger partial charge in [-0.05, 0) is 42.7 Å². The molecule has 0 aliphatic rings. The fraction of sp³-hybridized carbons (Fsp3) is 0.190. The molecule has 8 heteroatoms. The van der Waals surface area contributed by atoms with Crippen LogP contribution in [0.2, 0.25) is 5.02 Å². The number of rotatable bonds is 5. The maximum Gasteiger partial charge on any atom is 0.275 e. The second kappa shape index (κ2) is 7.85. The number of hydrogen-bond donors (Lipinski definition) is 2. The third-order valence-electron chi connectivity index (χ3n) is 4.44. The fourth-order valence-electron chi connectivity index (χ4n) is 3.10. The molecule has 1 amide bonds. The summed E-state index contributed by atoms with van der Waals surface area (Å²) in [5, 5.41) is 11.6. The van der Waals surface area contributed by atoms with E-state index in [9.17, 15) is 4.79 Å². The number of nitrogens with two attached hydrogens (primary N) is 1. The van der Waals surface area contributed by atoms with Crippen molar-refractivity contribution in [2.75, 3.05) is 11.1 Å². The van der Waals surface area contributed by atoms with Gasteiger partial charge in [0.1, 0.15) is 5.69 Å². The molecule has 0 aliphatic heterocycles. The molecule has 0 saturated heterocycles. The quantitative estimate of drug-likeness (QED) is 0.432. The van der Waals surface area contributed by atoms with Gasteiger partial charge >= 0.3 is 0 Å². The Kier molecular flexibility index (Phi) is 5.25. The van der Waals surface area contributed by atoms with Crippen LogP contribution in [0.3, 0.4) is 0 Å². The van der Waals surface area contributed by atoms with Crippen molar-refractivity contribution in [3.8, 4) is 5.13 Å². The lowest BCUT2D eigenvalue weighted by molar-refractivity contribution is 0.102. The zero-order chi connectivity index (χ0) is 20.5. The van der Waals surface area contributed by atoms with Gasteiger partial charge in [0.05, 0.1) is 22.6 Å². The molecule has 2 aromatic carbocycles. The number of benzene rings is 2. The number of thiazole rings is 1. The van der Waals surface area contributed by atoms with Crippen LogP contribution in [0.5, 0.6) is 0 Å². The summed E-state index contributed by atoms with van der Waals surface area (Å²) < 4.78 is 1.76. The predicted octanol–water partition coefficient (Wildman–Crippen LogP) is 5.17. The molecule has 2 aromatic heterocycles. The van der Waals surface area contributed by atoms with Crippen molar-refractivity contribution in [1.29, 1.82) is 0 Å². The fourth-order valence-corrected chi connectivity index (χ4v) is 4.03. The Morgan fingerprint density at radius 3 is 2.83 bits per heavy atom. The summed E-state index contributed by atoms with van der Waals surface area (Å²) >= 11 is 7.57. The molecule has 29 heavy (non-hydrogen) atoms. The Morgan fingerprint density at radius 1 is 1.28 bits per heavy atom.